The largest absolute Gasteiger partial charge is 0.237 e. The normalized spacial score (nSPS) is 11.2. The van der Waals surface area contributed by atoms with Crippen LogP contribution < -0.4 is 0 Å². The van der Waals surface area contributed by atoms with Gasteiger partial charge in [-0.25, -0.2) is 4.98 Å². The molecule has 0 aliphatic rings. The van der Waals surface area contributed by atoms with E-state index in [9.17, 15) is 0 Å². The maximum atomic E-state index is 4.65. The number of thiophene rings is 1. The minimum absolute atomic E-state index is 1.05. The Morgan fingerprint density at radius 3 is 2.58 bits per heavy atom. The van der Waals surface area contributed by atoms with E-state index in [-0.39, 0.29) is 0 Å². The van der Waals surface area contributed by atoms with Crippen LogP contribution in [0.25, 0.3) is 23.4 Å². The fourth-order valence-corrected chi connectivity index (χ4v) is 3.10. The van der Waals surface area contributed by atoms with Crippen molar-refractivity contribution in [3.63, 3.8) is 0 Å². The van der Waals surface area contributed by atoms with Crippen molar-refractivity contribution in [1.82, 2.24) is 4.98 Å². The average Bonchev–Trinajstić information content (AvgIpc) is 3.09. The quantitative estimate of drug-likeness (QED) is 0.631. The summed E-state index contributed by atoms with van der Waals surface area (Å²) in [5.74, 6) is 0. The predicted octanol–water partition coefficient (Wildman–Crippen LogP) is 5.35. The molecule has 3 aromatic rings. The van der Waals surface area contributed by atoms with Crippen molar-refractivity contribution in [2.45, 2.75) is 6.92 Å². The summed E-state index contributed by atoms with van der Waals surface area (Å²) in [4.78, 5) is 5.90. The van der Waals surface area contributed by atoms with Crippen LogP contribution in [-0.2, 0) is 0 Å². The number of hydrogen-bond acceptors (Lipinski definition) is 3. The summed E-state index contributed by atoms with van der Waals surface area (Å²) in [6.45, 7) is 2.10. The average molecular weight is 283 g/mol. The summed E-state index contributed by atoms with van der Waals surface area (Å²) in [5.41, 5.74) is 3.50. The van der Waals surface area contributed by atoms with Gasteiger partial charge in [-0.1, -0.05) is 35.9 Å². The molecule has 3 rings (SSSR count). The fourth-order valence-electron chi connectivity index (χ4n) is 1.76. The molecule has 0 amide bonds. The maximum Gasteiger partial charge on any atom is 0.116 e. The number of hydrogen-bond donors (Lipinski definition) is 0. The van der Waals surface area contributed by atoms with E-state index in [2.05, 4.69) is 71.2 Å². The first-order valence-electron chi connectivity index (χ1n) is 6.05. The van der Waals surface area contributed by atoms with Gasteiger partial charge in [0.05, 0.1) is 5.69 Å². The van der Waals surface area contributed by atoms with Crippen LogP contribution in [0.4, 0.5) is 0 Å². The summed E-state index contributed by atoms with van der Waals surface area (Å²) in [5, 5.41) is 5.24. The lowest BCUT2D eigenvalue weighted by Gasteiger charge is -1.96. The first-order chi connectivity index (χ1) is 9.31. The van der Waals surface area contributed by atoms with E-state index in [4.69, 9.17) is 0 Å². The molecule has 2 aromatic heterocycles. The highest BCUT2D eigenvalue weighted by Gasteiger charge is 2.02. The number of benzene rings is 1. The summed E-state index contributed by atoms with van der Waals surface area (Å²) >= 11 is 3.41. The molecule has 0 saturated carbocycles. The van der Waals surface area contributed by atoms with Gasteiger partial charge in [0.1, 0.15) is 5.01 Å². The molecule has 1 aromatic carbocycles. The molecule has 0 saturated heterocycles. The highest BCUT2D eigenvalue weighted by atomic mass is 32.1. The van der Waals surface area contributed by atoms with Gasteiger partial charge in [-0.2, -0.15) is 0 Å². The third-order valence-electron chi connectivity index (χ3n) is 2.80. The molecule has 0 unspecified atom stereocenters. The molecule has 0 radical (unpaired) electrons. The van der Waals surface area contributed by atoms with E-state index < -0.39 is 0 Å². The summed E-state index contributed by atoms with van der Waals surface area (Å²) in [6, 6.07) is 12.7. The Morgan fingerprint density at radius 1 is 1.00 bits per heavy atom. The fraction of sp³-hybridized carbons (Fsp3) is 0.0625. The number of aromatic nitrogens is 1. The van der Waals surface area contributed by atoms with Crippen LogP contribution in [0.5, 0.6) is 0 Å². The van der Waals surface area contributed by atoms with Crippen molar-refractivity contribution in [1.29, 1.82) is 0 Å². The van der Waals surface area contributed by atoms with Crippen LogP contribution in [0.2, 0.25) is 0 Å². The molecule has 2 heterocycles. The third kappa shape index (κ3) is 3.00. The molecule has 0 N–H and O–H groups in total. The van der Waals surface area contributed by atoms with Crippen molar-refractivity contribution in [3.8, 4) is 11.3 Å². The minimum atomic E-state index is 1.05. The Hall–Kier alpha value is -1.71. The standard InChI is InChI=1S/C16H13NS2/c1-12-4-6-13(7-5-12)15-11-19-16(17-15)9-8-14-3-2-10-18-14/h2-11H,1H3/b9-8+. The molecule has 0 atom stereocenters. The van der Waals surface area contributed by atoms with E-state index >= 15 is 0 Å². The summed E-state index contributed by atoms with van der Waals surface area (Å²) in [7, 11) is 0. The second-order valence-electron chi connectivity index (χ2n) is 4.29. The van der Waals surface area contributed by atoms with Gasteiger partial charge >= 0.3 is 0 Å². The van der Waals surface area contributed by atoms with Crippen LogP contribution in [0.15, 0.2) is 47.2 Å². The number of rotatable bonds is 3. The molecule has 3 heteroatoms. The molecule has 94 valence electrons. The molecule has 0 aliphatic heterocycles. The lowest BCUT2D eigenvalue weighted by atomic mass is 10.1. The first-order valence-corrected chi connectivity index (χ1v) is 7.81. The zero-order chi connectivity index (χ0) is 13.1. The van der Waals surface area contributed by atoms with E-state index in [0.717, 1.165) is 10.7 Å². The second-order valence-corrected chi connectivity index (χ2v) is 6.15. The van der Waals surface area contributed by atoms with E-state index in [1.54, 1.807) is 22.7 Å². The highest BCUT2D eigenvalue weighted by molar-refractivity contribution is 7.11. The van der Waals surface area contributed by atoms with Gasteiger partial charge in [-0.05, 0) is 30.5 Å². The lowest BCUT2D eigenvalue weighted by molar-refractivity contribution is 1.37. The van der Waals surface area contributed by atoms with Crippen LogP contribution in [0.1, 0.15) is 15.4 Å². The van der Waals surface area contributed by atoms with Gasteiger partial charge in [-0.15, -0.1) is 22.7 Å². The van der Waals surface area contributed by atoms with Crippen LogP contribution >= 0.6 is 22.7 Å². The Kier molecular flexibility index (Phi) is 3.58. The van der Waals surface area contributed by atoms with Crippen molar-refractivity contribution in [2.24, 2.45) is 0 Å². The van der Waals surface area contributed by atoms with Gasteiger partial charge in [0.2, 0.25) is 0 Å². The van der Waals surface area contributed by atoms with Crippen LogP contribution in [0.3, 0.4) is 0 Å². The molecule has 0 fully saturated rings. The number of nitrogens with zero attached hydrogens (tertiary/aromatic N) is 1. The Bertz CT molecular complexity index is 676. The van der Waals surface area contributed by atoms with Crippen LogP contribution in [-0.4, -0.2) is 4.98 Å². The van der Waals surface area contributed by atoms with E-state index in [1.807, 2.05) is 0 Å². The highest BCUT2D eigenvalue weighted by Crippen LogP contribution is 2.23. The van der Waals surface area contributed by atoms with Crippen molar-refractivity contribution >= 4 is 34.8 Å². The molecule has 0 bridgehead atoms. The molecular weight excluding hydrogens is 270 g/mol. The molecule has 19 heavy (non-hydrogen) atoms. The maximum absolute atomic E-state index is 4.65. The zero-order valence-electron chi connectivity index (χ0n) is 10.5. The van der Waals surface area contributed by atoms with Crippen molar-refractivity contribution in [3.05, 3.63) is 62.6 Å². The zero-order valence-corrected chi connectivity index (χ0v) is 12.2. The van der Waals surface area contributed by atoms with Crippen molar-refractivity contribution < 1.29 is 0 Å². The predicted molar refractivity (Wildman–Crippen MR) is 85.5 cm³/mol. The van der Waals surface area contributed by atoms with E-state index in [0.29, 0.717) is 0 Å². The molecular formula is C16H13NS2. The monoisotopic (exact) mass is 283 g/mol. The molecule has 0 aliphatic carbocycles. The van der Waals surface area contributed by atoms with Crippen molar-refractivity contribution in [2.75, 3.05) is 0 Å². The second kappa shape index (κ2) is 5.51. The van der Waals surface area contributed by atoms with Gasteiger partial charge in [0.25, 0.3) is 0 Å². The van der Waals surface area contributed by atoms with Gasteiger partial charge < -0.3 is 0 Å². The van der Waals surface area contributed by atoms with Gasteiger partial charge in [0.15, 0.2) is 0 Å². The first kappa shape index (κ1) is 12.3. The summed E-state index contributed by atoms with van der Waals surface area (Å²) < 4.78 is 0. The van der Waals surface area contributed by atoms with Gasteiger partial charge in [0, 0.05) is 15.8 Å². The SMILES string of the molecule is Cc1ccc(-c2csc(/C=C/c3cccs3)n2)cc1. The molecule has 0 spiro atoms. The summed E-state index contributed by atoms with van der Waals surface area (Å²) in [6.07, 6.45) is 4.19. The smallest absolute Gasteiger partial charge is 0.116 e. The lowest BCUT2D eigenvalue weighted by Crippen LogP contribution is -1.78. The third-order valence-corrected chi connectivity index (χ3v) is 4.45. The Morgan fingerprint density at radius 2 is 1.84 bits per heavy atom. The number of thiazole rings is 1. The van der Waals surface area contributed by atoms with E-state index in [1.165, 1.54) is 16.0 Å². The molecule has 1 nitrogen and oxygen atoms in total. The number of aryl methyl sites for hydroxylation is 1. The topological polar surface area (TPSA) is 12.9 Å². The van der Waals surface area contributed by atoms with Gasteiger partial charge in [-0.3, -0.25) is 0 Å². The Balaban J connectivity index is 1.81. The minimum Gasteiger partial charge on any atom is -0.237 e. The Labute approximate surface area is 120 Å². The van der Waals surface area contributed by atoms with Crippen LogP contribution in [0, 0.1) is 6.92 Å².